The summed E-state index contributed by atoms with van der Waals surface area (Å²) in [6, 6.07) is 15.8. The van der Waals surface area contributed by atoms with E-state index < -0.39 is 6.04 Å². The molecule has 1 aliphatic heterocycles. The fourth-order valence-electron chi connectivity index (χ4n) is 3.86. The monoisotopic (exact) mass is 441 g/mol. The highest BCUT2D eigenvalue weighted by molar-refractivity contribution is 6.33. The Kier molecular flexibility index (Phi) is 7.69. The SMILES string of the molecule is CN(C)C(=O)C1CCN(C(=O)CC(NC(=O)c2ccccc2Cl)c2ccccc2)CC1. The molecule has 1 atom stereocenters. The normalized spacial score (nSPS) is 15.3. The van der Waals surface area contributed by atoms with Gasteiger partial charge in [0.05, 0.1) is 23.0 Å². The topological polar surface area (TPSA) is 69.7 Å². The quantitative estimate of drug-likeness (QED) is 0.745. The lowest BCUT2D eigenvalue weighted by molar-refractivity contribution is -0.139. The van der Waals surface area contributed by atoms with Gasteiger partial charge in [0.25, 0.3) is 5.91 Å². The molecular weight excluding hydrogens is 414 g/mol. The standard InChI is InChI=1S/C24H28ClN3O3/c1-27(2)24(31)18-12-14-28(15-13-18)22(29)16-21(17-8-4-3-5-9-17)26-23(30)19-10-6-7-11-20(19)25/h3-11,18,21H,12-16H2,1-2H3,(H,26,30). The maximum absolute atomic E-state index is 13.0. The Bertz CT molecular complexity index is 925. The second-order valence-corrected chi connectivity index (χ2v) is 8.42. The molecule has 0 aromatic heterocycles. The van der Waals surface area contributed by atoms with Crippen LogP contribution in [-0.4, -0.2) is 54.7 Å². The van der Waals surface area contributed by atoms with E-state index in [9.17, 15) is 14.4 Å². The molecule has 2 aromatic rings. The molecule has 0 bridgehead atoms. The first kappa shape index (κ1) is 22.8. The molecule has 1 unspecified atom stereocenters. The lowest BCUT2D eigenvalue weighted by Gasteiger charge is -2.33. The van der Waals surface area contributed by atoms with E-state index in [1.54, 1.807) is 48.2 Å². The predicted molar refractivity (Wildman–Crippen MR) is 121 cm³/mol. The number of rotatable bonds is 6. The Hall–Kier alpha value is -2.86. The van der Waals surface area contributed by atoms with Gasteiger partial charge in [0.15, 0.2) is 0 Å². The summed E-state index contributed by atoms with van der Waals surface area (Å²) >= 11 is 6.17. The van der Waals surface area contributed by atoms with Crippen LogP contribution in [0.4, 0.5) is 0 Å². The minimum absolute atomic E-state index is 0.0379. The highest BCUT2D eigenvalue weighted by Crippen LogP contribution is 2.24. The van der Waals surface area contributed by atoms with Crippen molar-refractivity contribution in [2.24, 2.45) is 5.92 Å². The summed E-state index contributed by atoms with van der Waals surface area (Å²) < 4.78 is 0. The van der Waals surface area contributed by atoms with Gasteiger partial charge >= 0.3 is 0 Å². The summed E-state index contributed by atoms with van der Waals surface area (Å²) in [5.41, 5.74) is 1.23. The Morgan fingerprint density at radius 3 is 2.26 bits per heavy atom. The van der Waals surface area contributed by atoms with Gasteiger partial charge in [-0.3, -0.25) is 14.4 Å². The van der Waals surface area contributed by atoms with Crippen LogP contribution in [0.25, 0.3) is 0 Å². The van der Waals surface area contributed by atoms with Crippen molar-refractivity contribution >= 4 is 29.3 Å². The molecular formula is C24H28ClN3O3. The highest BCUT2D eigenvalue weighted by atomic mass is 35.5. The van der Waals surface area contributed by atoms with Crippen LogP contribution in [0.2, 0.25) is 5.02 Å². The second kappa shape index (κ2) is 10.4. The number of amides is 3. The molecule has 7 heteroatoms. The van der Waals surface area contributed by atoms with E-state index in [0.717, 1.165) is 5.56 Å². The second-order valence-electron chi connectivity index (χ2n) is 8.01. The van der Waals surface area contributed by atoms with Crippen molar-refractivity contribution in [3.05, 3.63) is 70.7 Å². The summed E-state index contributed by atoms with van der Waals surface area (Å²) in [6.45, 7) is 1.09. The van der Waals surface area contributed by atoms with Crippen molar-refractivity contribution in [3.63, 3.8) is 0 Å². The molecule has 3 rings (SSSR count). The Morgan fingerprint density at radius 1 is 1.03 bits per heavy atom. The van der Waals surface area contributed by atoms with Crippen LogP contribution in [0.1, 0.15) is 41.2 Å². The summed E-state index contributed by atoms with van der Waals surface area (Å²) in [4.78, 5) is 41.4. The van der Waals surface area contributed by atoms with Gasteiger partial charge in [0, 0.05) is 33.1 Å². The molecule has 31 heavy (non-hydrogen) atoms. The minimum atomic E-state index is -0.474. The average molecular weight is 442 g/mol. The number of carbonyl (C=O) groups is 3. The van der Waals surface area contributed by atoms with Gasteiger partial charge in [0.1, 0.15) is 0 Å². The van der Waals surface area contributed by atoms with Crippen LogP contribution in [0, 0.1) is 5.92 Å². The van der Waals surface area contributed by atoms with Crippen LogP contribution in [0.5, 0.6) is 0 Å². The van der Waals surface area contributed by atoms with Crippen LogP contribution < -0.4 is 5.32 Å². The molecule has 0 saturated carbocycles. The minimum Gasteiger partial charge on any atom is -0.349 e. The van der Waals surface area contributed by atoms with Gasteiger partial charge in [0.2, 0.25) is 11.8 Å². The van der Waals surface area contributed by atoms with Gasteiger partial charge < -0.3 is 15.1 Å². The molecule has 1 saturated heterocycles. The molecule has 3 amide bonds. The van der Waals surface area contributed by atoms with Crippen LogP contribution in [0.15, 0.2) is 54.6 Å². The number of carbonyl (C=O) groups excluding carboxylic acids is 3. The molecule has 0 radical (unpaired) electrons. The Labute approximate surface area is 188 Å². The van der Waals surface area contributed by atoms with Crippen LogP contribution in [-0.2, 0) is 9.59 Å². The molecule has 1 N–H and O–H groups in total. The highest BCUT2D eigenvalue weighted by Gasteiger charge is 2.30. The van der Waals surface area contributed by atoms with Crippen LogP contribution in [0.3, 0.4) is 0 Å². The smallest absolute Gasteiger partial charge is 0.253 e. The van der Waals surface area contributed by atoms with Gasteiger partial charge in [-0.05, 0) is 30.5 Å². The van der Waals surface area contributed by atoms with E-state index in [1.165, 1.54) is 0 Å². The van der Waals surface area contributed by atoms with E-state index in [4.69, 9.17) is 11.6 Å². The fraction of sp³-hybridized carbons (Fsp3) is 0.375. The first-order valence-corrected chi connectivity index (χ1v) is 10.8. The Balaban J connectivity index is 1.68. The van der Waals surface area contributed by atoms with Crippen molar-refractivity contribution in [3.8, 4) is 0 Å². The molecule has 0 aliphatic carbocycles. The average Bonchev–Trinajstić information content (AvgIpc) is 2.79. The van der Waals surface area contributed by atoms with Crippen molar-refractivity contribution < 1.29 is 14.4 Å². The van der Waals surface area contributed by atoms with Crippen LogP contribution >= 0.6 is 11.6 Å². The number of likely N-dealkylation sites (tertiary alicyclic amines) is 1. The van der Waals surface area contributed by atoms with Crippen molar-refractivity contribution in [1.29, 1.82) is 0 Å². The Morgan fingerprint density at radius 2 is 1.65 bits per heavy atom. The molecule has 6 nitrogen and oxygen atoms in total. The van der Waals surface area contributed by atoms with Crippen molar-refractivity contribution in [1.82, 2.24) is 15.1 Å². The molecule has 1 aliphatic rings. The van der Waals surface area contributed by atoms with Crippen molar-refractivity contribution in [2.75, 3.05) is 27.2 Å². The maximum Gasteiger partial charge on any atom is 0.253 e. The molecule has 0 spiro atoms. The number of piperidine rings is 1. The molecule has 1 fully saturated rings. The predicted octanol–water partition coefficient (Wildman–Crippen LogP) is 3.53. The van der Waals surface area contributed by atoms with Gasteiger partial charge in [-0.15, -0.1) is 0 Å². The van der Waals surface area contributed by atoms with Gasteiger partial charge in [-0.2, -0.15) is 0 Å². The third-order valence-corrected chi connectivity index (χ3v) is 5.97. The fourth-order valence-corrected chi connectivity index (χ4v) is 4.09. The largest absolute Gasteiger partial charge is 0.349 e. The number of nitrogens with zero attached hydrogens (tertiary/aromatic N) is 2. The first-order valence-electron chi connectivity index (χ1n) is 10.5. The number of nitrogens with one attached hydrogen (secondary N) is 1. The molecule has 1 heterocycles. The lowest BCUT2D eigenvalue weighted by Crippen LogP contribution is -2.44. The van der Waals surface area contributed by atoms with E-state index in [1.807, 2.05) is 30.3 Å². The van der Waals surface area contributed by atoms with Crippen molar-refractivity contribution in [2.45, 2.75) is 25.3 Å². The summed E-state index contributed by atoms with van der Waals surface area (Å²) in [7, 11) is 3.51. The lowest BCUT2D eigenvalue weighted by atomic mass is 9.94. The summed E-state index contributed by atoms with van der Waals surface area (Å²) in [6.07, 6.45) is 1.46. The zero-order valence-electron chi connectivity index (χ0n) is 17.9. The van der Waals surface area contributed by atoms with E-state index in [0.29, 0.717) is 36.5 Å². The van der Waals surface area contributed by atoms with Gasteiger partial charge in [-0.25, -0.2) is 0 Å². The third kappa shape index (κ3) is 5.85. The van der Waals surface area contributed by atoms with E-state index in [2.05, 4.69) is 5.32 Å². The maximum atomic E-state index is 13.0. The first-order chi connectivity index (χ1) is 14.9. The number of hydrogen-bond acceptors (Lipinski definition) is 3. The third-order valence-electron chi connectivity index (χ3n) is 5.64. The number of benzene rings is 2. The molecule has 164 valence electrons. The molecule has 2 aromatic carbocycles. The zero-order chi connectivity index (χ0) is 22.4. The number of halogens is 1. The summed E-state index contributed by atoms with van der Waals surface area (Å²) in [5.74, 6) is -0.281. The number of hydrogen-bond donors (Lipinski definition) is 1. The summed E-state index contributed by atoms with van der Waals surface area (Å²) in [5, 5.41) is 3.34. The van der Waals surface area contributed by atoms with E-state index >= 15 is 0 Å². The zero-order valence-corrected chi connectivity index (χ0v) is 18.6. The van der Waals surface area contributed by atoms with Gasteiger partial charge in [-0.1, -0.05) is 54.1 Å². The van der Waals surface area contributed by atoms with E-state index in [-0.39, 0.29) is 30.1 Å².